The SMILES string of the molecule is Cc1ccc(Cl)c(S(=O)(=O)N2CCC(C)(CN)C2)c1.Cl. The Hall–Kier alpha value is -0.330. The minimum atomic E-state index is -3.53. The fraction of sp³-hybridized carbons (Fsp3) is 0.538. The van der Waals surface area contributed by atoms with E-state index in [9.17, 15) is 8.42 Å². The summed E-state index contributed by atoms with van der Waals surface area (Å²) in [7, 11) is -3.53. The van der Waals surface area contributed by atoms with Gasteiger partial charge in [-0.3, -0.25) is 0 Å². The second-order valence-electron chi connectivity index (χ2n) is 5.54. The van der Waals surface area contributed by atoms with Crippen LogP contribution in [0.1, 0.15) is 18.9 Å². The maximum absolute atomic E-state index is 12.6. The molecule has 2 rings (SSSR count). The van der Waals surface area contributed by atoms with Crippen molar-refractivity contribution in [3.8, 4) is 0 Å². The Morgan fingerprint density at radius 1 is 1.45 bits per heavy atom. The van der Waals surface area contributed by atoms with Crippen LogP contribution in [0.5, 0.6) is 0 Å². The van der Waals surface area contributed by atoms with Gasteiger partial charge in [0.1, 0.15) is 4.90 Å². The van der Waals surface area contributed by atoms with Gasteiger partial charge in [-0.2, -0.15) is 4.31 Å². The minimum Gasteiger partial charge on any atom is -0.330 e. The highest BCUT2D eigenvalue weighted by atomic mass is 35.5. The first-order valence-corrected chi connectivity index (χ1v) is 8.07. The second-order valence-corrected chi connectivity index (χ2v) is 7.85. The van der Waals surface area contributed by atoms with Crippen molar-refractivity contribution < 1.29 is 8.42 Å². The van der Waals surface area contributed by atoms with Crippen LogP contribution in [0.3, 0.4) is 0 Å². The molecule has 114 valence electrons. The molecule has 0 aliphatic carbocycles. The lowest BCUT2D eigenvalue weighted by atomic mass is 9.90. The molecule has 1 saturated heterocycles. The van der Waals surface area contributed by atoms with Crippen molar-refractivity contribution in [1.29, 1.82) is 0 Å². The van der Waals surface area contributed by atoms with E-state index >= 15 is 0 Å². The van der Waals surface area contributed by atoms with Crippen LogP contribution >= 0.6 is 24.0 Å². The Morgan fingerprint density at radius 3 is 2.65 bits per heavy atom. The smallest absolute Gasteiger partial charge is 0.244 e. The van der Waals surface area contributed by atoms with Gasteiger partial charge in [0.15, 0.2) is 0 Å². The molecule has 0 spiro atoms. The third kappa shape index (κ3) is 3.28. The molecule has 0 bridgehead atoms. The predicted octanol–water partition coefficient (Wildman–Crippen LogP) is 2.43. The molecule has 0 amide bonds. The van der Waals surface area contributed by atoms with Gasteiger partial charge in [-0.1, -0.05) is 24.6 Å². The number of nitrogens with two attached hydrogens (primary N) is 1. The summed E-state index contributed by atoms with van der Waals surface area (Å²) in [5, 5.41) is 0.270. The Labute approximate surface area is 131 Å². The summed E-state index contributed by atoms with van der Waals surface area (Å²) >= 11 is 6.03. The molecule has 1 fully saturated rings. The summed E-state index contributed by atoms with van der Waals surface area (Å²) in [4.78, 5) is 0.190. The molecule has 1 aromatic carbocycles. The van der Waals surface area contributed by atoms with Crippen molar-refractivity contribution in [3.63, 3.8) is 0 Å². The molecule has 20 heavy (non-hydrogen) atoms. The van der Waals surface area contributed by atoms with Gasteiger partial charge in [0.2, 0.25) is 10.0 Å². The van der Waals surface area contributed by atoms with E-state index < -0.39 is 10.0 Å². The van der Waals surface area contributed by atoms with Crippen LogP contribution in [0, 0.1) is 12.3 Å². The summed E-state index contributed by atoms with van der Waals surface area (Å²) in [5.41, 5.74) is 6.46. The summed E-state index contributed by atoms with van der Waals surface area (Å²) in [5.74, 6) is 0. The standard InChI is InChI=1S/C13H19ClN2O2S.ClH/c1-10-3-4-11(14)12(7-10)19(17,18)16-6-5-13(2,8-15)9-16;/h3-4,7H,5-6,8-9,15H2,1-2H3;1H. The highest BCUT2D eigenvalue weighted by Gasteiger charge is 2.39. The third-order valence-electron chi connectivity index (χ3n) is 3.72. The van der Waals surface area contributed by atoms with Crippen LogP contribution in [0.25, 0.3) is 0 Å². The van der Waals surface area contributed by atoms with E-state index in [1.54, 1.807) is 18.2 Å². The normalized spacial score (nSPS) is 23.6. The van der Waals surface area contributed by atoms with Gasteiger partial charge in [0, 0.05) is 13.1 Å². The van der Waals surface area contributed by atoms with Crippen LogP contribution < -0.4 is 5.73 Å². The first kappa shape index (κ1) is 17.7. The topological polar surface area (TPSA) is 63.4 Å². The van der Waals surface area contributed by atoms with Gasteiger partial charge in [-0.15, -0.1) is 12.4 Å². The van der Waals surface area contributed by atoms with Crippen molar-refractivity contribution in [3.05, 3.63) is 28.8 Å². The van der Waals surface area contributed by atoms with E-state index in [0.29, 0.717) is 19.6 Å². The van der Waals surface area contributed by atoms with E-state index in [4.69, 9.17) is 17.3 Å². The molecule has 0 saturated carbocycles. The summed E-state index contributed by atoms with van der Waals surface area (Å²) in [6.07, 6.45) is 0.784. The zero-order chi connectivity index (χ0) is 14.3. The Balaban J connectivity index is 0.00000200. The third-order valence-corrected chi connectivity index (χ3v) is 6.05. The van der Waals surface area contributed by atoms with Crippen LogP contribution in [0.15, 0.2) is 23.1 Å². The molecule has 0 aromatic heterocycles. The molecule has 4 nitrogen and oxygen atoms in total. The van der Waals surface area contributed by atoms with Crippen LogP contribution in [0.4, 0.5) is 0 Å². The van der Waals surface area contributed by atoms with Crippen LogP contribution in [-0.2, 0) is 10.0 Å². The molecule has 1 unspecified atom stereocenters. The van der Waals surface area contributed by atoms with Gasteiger partial charge in [0.25, 0.3) is 0 Å². The van der Waals surface area contributed by atoms with Crippen molar-refractivity contribution in [1.82, 2.24) is 4.31 Å². The number of nitrogens with zero attached hydrogens (tertiary/aromatic N) is 1. The number of benzene rings is 1. The number of halogens is 2. The molecule has 0 radical (unpaired) electrons. The maximum Gasteiger partial charge on any atom is 0.244 e. The molecular weight excluding hydrogens is 319 g/mol. The van der Waals surface area contributed by atoms with Crippen molar-refractivity contribution in [2.24, 2.45) is 11.1 Å². The molecule has 1 atom stereocenters. The van der Waals surface area contributed by atoms with Crippen molar-refractivity contribution in [2.75, 3.05) is 19.6 Å². The zero-order valence-corrected chi connectivity index (χ0v) is 14.0. The number of rotatable bonds is 3. The van der Waals surface area contributed by atoms with E-state index in [0.717, 1.165) is 12.0 Å². The summed E-state index contributed by atoms with van der Waals surface area (Å²) < 4.78 is 26.7. The average molecular weight is 339 g/mol. The van der Waals surface area contributed by atoms with E-state index in [-0.39, 0.29) is 27.7 Å². The fourth-order valence-corrected chi connectivity index (χ4v) is 4.45. The van der Waals surface area contributed by atoms with Crippen LogP contribution in [-0.4, -0.2) is 32.4 Å². The molecule has 7 heteroatoms. The largest absolute Gasteiger partial charge is 0.330 e. The van der Waals surface area contributed by atoms with E-state index in [1.165, 1.54) is 4.31 Å². The first-order valence-electron chi connectivity index (χ1n) is 6.25. The predicted molar refractivity (Wildman–Crippen MR) is 84.0 cm³/mol. The van der Waals surface area contributed by atoms with Gasteiger partial charge in [0.05, 0.1) is 5.02 Å². The first-order chi connectivity index (χ1) is 8.78. The molecule has 1 heterocycles. The molecular formula is C13H20Cl2N2O2S. The van der Waals surface area contributed by atoms with Gasteiger partial charge in [-0.25, -0.2) is 8.42 Å². The van der Waals surface area contributed by atoms with Gasteiger partial charge < -0.3 is 5.73 Å². The highest BCUT2D eigenvalue weighted by Crippen LogP contribution is 2.34. The Bertz CT molecular complexity index is 592. The maximum atomic E-state index is 12.6. The number of aryl methyl sites for hydroxylation is 1. The minimum absolute atomic E-state index is 0. The molecule has 1 aliphatic heterocycles. The lowest BCUT2D eigenvalue weighted by Crippen LogP contribution is -2.34. The number of sulfonamides is 1. The summed E-state index contributed by atoms with van der Waals surface area (Å²) in [6, 6.07) is 5.05. The average Bonchev–Trinajstić information content (AvgIpc) is 2.76. The molecule has 1 aliphatic rings. The summed E-state index contributed by atoms with van der Waals surface area (Å²) in [6.45, 7) is 5.31. The highest BCUT2D eigenvalue weighted by molar-refractivity contribution is 7.89. The van der Waals surface area contributed by atoms with Crippen molar-refractivity contribution in [2.45, 2.75) is 25.2 Å². The number of hydrogen-bond donors (Lipinski definition) is 1. The number of hydrogen-bond acceptors (Lipinski definition) is 3. The van der Waals surface area contributed by atoms with E-state index in [1.807, 2.05) is 13.8 Å². The van der Waals surface area contributed by atoms with Crippen molar-refractivity contribution >= 4 is 34.0 Å². The van der Waals surface area contributed by atoms with Gasteiger partial charge >= 0.3 is 0 Å². The lowest BCUT2D eigenvalue weighted by molar-refractivity contribution is 0.349. The lowest BCUT2D eigenvalue weighted by Gasteiger charge is -2.22. The van der Waals surface area contributed by atoms with E-state index in [2.05, 4.69) is 0 Å². The Kier molecular flexibility index (Phi) is 5.49. The Morgan fingerprint density at radius 2 is 2.10 bits per heavy atom. The van der Waals surface area contributed by atoms with Gasteiger partial charge in [-0.05, 0) is 43.0 Å². The molecule has 2 N–H and O–H groups in total. The monoisotopic (exact) mass is 338 g/mol. The fourth-order valence-electron chi connectivity index (χ4n) is 2.30. The zero-order valence-electron chi connectivity index (χ0n) is 11.6. The second kappa shape index (κ2) is 6.20. The molecule has 1 aromatic rings. The quantitative estimate of drug-likeness (QED) is 0.920. The van der Waals surface area contributed by atoms with Crippen LogP contribution in [0.2, 0.25) is 5.02 Å².